The Morgan fingerprint density at radius 2 is 1.46 bits per heavy atom. The van der Waals surface area contributed by atoms with Crippen molar-refractivity contribution in [2.45, 2.75) is 0 Å². The molecule has 1 aromatic heterocycles. The molecule has 0 atom stereocenters. The van der Waals surface area contributed by atoms with Crippen LogP contribution in [0.2, 0.25) is 0 Å². The van der Waals surface area contributed by atoms with E-state index in [1.54, 1.807) is 6.07 Å². The van der Waals surface area contributed by atoms with E-state index < -0.39 is 0 Å². The third-order valence-electron chi connectivity index (χ3n) is 3.79. The summed E-state index contributed by atoms with van der Waals surface area (Å²) in [5, 5.41) is 1.42. The van der Waals surface area contributed by atoms with Crippen molar-refractivity contribution in [2.24, 2.45) is 0 Å². The second-order valence-electron chi connectivity index (χ2n) is 5.40. The molecule has 0 spiro atoms. The Labute approximate surface area is 138 Å². The summed E-state index contributed by atoms with van der Waals surface area (Å²) in [6.07, 6.45) is 0. The Morgan fingerprint density at radius 1 is 0.750 bits per heavy atom. The highest BCUT2D eigenvalue weighted by Gasteiger charge is 2.11. The van der Waals surface area contributed by atoms with Crippen LogP contribution >= 0.6 is 0 Å². The number of ether oxygens (including phenoxy) is 1. The Morgan fingerprint density at radius 3 is 2.33 bits per heavy atom. The summed E-state index contributed by atoms with van der Waals surface area (Å²) >= 11 is 0. The molecule has 0 aliphatic heterocycles. The number of hydrogen-bond donors (Lipinski definition) is 0. The molecule has 0 fully saturated rings. The summed E-state index contributed by atoms with van der Waals surface area (Å²) in [6.45, 7) is 0. The van der Waals surface area contributed by atoms with E-state index in [4.69, 9.17) is 9.15 Å². The van der Waals surface area contributed by atoms with Gasteiger partial charge in [-0.25, -0.2) is 4.79 Å². The molecule has 24 heavy (non-hydrogen) atoms. The molecule has 0 amide bonds. The Hall–Kier alpha value is -3.33. The summed E-state index contributed by atoms with van der Waals surface area (Å²) in [5.74, 6) is 1.86. The molecule has 4 rings (SSSR count). The van der Waals surface area contributed by atoms with Gasteiger partial charge in [-0.15, -0.1) is 0 Å². The zero-order valence-electron chi connectivity index (χ0n) is 12.8. The number of fused-ring (bicyclic) bond motifs is 1. The maximum atomic E-state index is 12.2. The van der Waals surface area contributed by atoms with Crippen molar-refractivity contribution in [3.8, 4) is 22.8 Å². The normalized spacial score (nSPS) is 10.7. The van der Waals surface area contributed by atoms with Gasteiger partial charge in [-0.05, 0) is 41.8 Å². The molecule has 0 saturated carbocycles. The van der Waals surface area contributed by atoms with E-state index in [1.165, 1.54) is 0 Å². The largest absolute Gasteiger partial charge is 0.457 e. The topological polar surface area (TPSA) is 39.4 Å². The second kappa shape index (κ2) is 6.05. The van der Waals surface area contributed by atoms with E-state index >= 15 is 0 Å². The monoisotopic (exact) mass is 314 g/mol. The summed E-state index contributed by atoms with van der Waals surface area (Å²) in [7, 11) is 0. The van der Waals surface area contributed by atoms with Gasteiger partial charge in [0.05, 0.1) is 10.9 Å². The predicted molar refractivity (Wildman–Crippen MR) is 94.4 cm³/mol. The highest BCUT2D eigenvalue weighted by molar-refractivity contribution is 5.84. The van der Waals surface area contributed by atoms with Crippen LogP contribution in [-0.4, -0.2) is 0 Å². The molecule has 3 heteroatoms. The van der Waals surface area contributed by atoms with Gasteiger partial charge in [0, 0.05) is 0 Å². The van der Waals surface area contributed by atoms with E-state index in [9.17, 15) is 4.79 Å². The lowest BCUT2D eigenvalue weighted by Crippen LogP contribution is -2.00. The maximum absolute atomic E-state index is 12.2. The summed E-state index contributed by atoms with van der Waals surface area (Å²) in [4.78, 5) is 12.2. The first kappa shape index (κ1) is 14.3. The average Bonchev–Trinajstić information content (AvgIpc) is 2.63. The summed E-state index contributed by atoms with van der Waals surface area (Å²) in [6, 6.07) is 26.3. The molecule has 0 aliphatic carbocycles. The highest BCUT2D eigenvalue weighted by atomic mass is 16.5. The first-order chi connectivity index (χ1) is 11.8. The van der Waals surface area contributed by atoms with Gasteiger partial charge in [0.25, 0.3) is 0 Å². The average molecular weight is 314 g/mol. The standard InChI is InChI=1S/C21H14O3/c22-21-17-11-5-4-8-15(17)14-20(24-21)18-12-6-7-13-19(18)23-16-9-2-1-3-10-16/h1-14H. The van der Waals surface area contributed by atoms with Gasteiger partial charge in [0.2, 0.25) is 0 Å². The Balaban J connectivity index is 1.84. The van der Waals surface area contributed by atoms with E-state index in [-0.39, 0.29) is 5.63 Å². The lowest BCUT2D eigenvalue weighted by molar-refractivity contribution is 0.478. The van der Waals surface area contributed by atoms with Crippen molar-refractivity contribution in [1.29, 1.82) is 0 Å². The van der Waals surface area contributed by atoms with Crippen LogP contribution < -0.4 is 10.4 Å². The van der Waals surface area contributed by atoms with E-state index in [0.29, 0.717) is 16.9 Å². The molecule has 0 aliphatic rings. The molecular formula is C21H14O3. The molecular weight excluding hydrogens is 300 g/mol. The molecule has 1 heterocycles. The number of benzene rings is 3. The van der Waals surface area contributed by atoms with Gasteiger partial charge >= 0.3 is 5.63 Å². The maximum Gasteiger partial charge on any atom is 0.344 e. The zero-order valence-corrected chi connectivity index (χ0v) is 12.8. The molecule has 0 unspecified atom stereocenters. The molecule has 0 saturated heterocycles. The van der Waals surface area contributed by atoms with Crippen LogP contribution in [0.5, 0.6) is 11.5 Å². The Bertz CT molecular complexity index is 1050. The first-order valence-corrected chi connectivity index (χ1v) is 7.66. The summed E-state index contributed by atoms with van der Waals surface area (Å²) < 4.78 is 11.5. The fourth-order valence-corrected chi connectivity index (χ4v) is 2.64. The van der Waals surface area contributed by atoms with Crippen molar-refractivity contribution >= 4 is 10.8 Å². The Kier molecular flexibility index (Phi) is 3.60. The number of hydrogen-bond acceptors (Lipinski definition) is 3. The van der Waals surface area contributed by atoms with Crippen LogP contribution in [-0.2, 0) is 0 Å². The van der Waals surface area contributed by atoms with Crippen molar-refractivity contribution in [3.63, 3.8) is 0 Å². The minimum absolute atomic E-state index is 0.349. The number of rotatable bonds is 3. The molecule has 4 aromatic rings. The van der Waals surface area contributed by atoms with E-state index in [1.807, 2.05) is 78.9 Å². The lowest BCUT2D eigenvalue weighted by atomic mass is 10.1. The molecule has 0 bridgehead atoms. The third kappa shape index (κ3) is 2.68. The minimum Gasteiger partial charge on any atom is -0.457 e. The van der Waals surface area contributed by atoms with Gasteiger partial charge in [0.1, 0.15) is 17.3 Å². The fourth-order valence-electron chi connectivity index (χ4n) is 2.64. The van der Waals surface area contributed by atoms with Gasteiger partial charge in [-0.3, -0.25) is 0 Å². The summed E-state index contributed by atoms with van der Waals surface area (Å²) in [5.41, 5.74) is 0.391. The van der Waals surface area contributed by atoms with Crippen LogP contribution in [0.25, 0.3) is 22.1 Å². The van der Waals surface area contributed by atoms with Gasteiger partial charge < -0.3 is 9.15 Å². The molecule has 0 N–H and O–H groups in total. The highest BCUT2D eigenvalue weighted by Crippen LogP contribution is 2.33. The zero-order chi connectivity index (χ0) is 16.4. The third-order valence-corrected chi connectivity index (χ3v) is 3.79. The fraction of sp³-hybridized carbons (Fsp3) is 0. The van der Waals surface area contributed by atoms with Crippen molar-refractivity contribution < 1.29 is 9.15 Å². The number of para-hydroxylation sites is 2. The van der Waals surface area contributed by atoms with Crippen LogP contribution in [0.4, 0.5) is 0 Å². The van der Waals surface area contributed by atoms with E-state index in [2.05, 4.69) is 0 Å². The van der Waals surface area contributed by atoms with Crippen molar-refractivity contribution in [1.82, 2.24) is 0 Å². The molecule has 3 aromatic carbocycles. The predicted octanol–water partition coefficient (Wildman–Crippen LogP) is 5.25. The van der Waals surface area contributed by atoms with Crippen LogP contribution in [0, 0.1) is 0 Å². The lowest BCUT2D eigenvalue weighted by Gasteiger charge is -2.10. The van der Waals surface area contributed by atoms with Crippen molar-refractivity contribution in [2.75, 3.05) is 0 Å². The van der Waals surface area contributed by atoms with Crippen LogP contribution in [0.15, 0.2) is 94.1 Å². The second-order valence-corrected chi connectivity index (χ2v) is 5.40. The van der Waals surface area contributed by atoms with Gasteiger partial charge in [0.15, 0.2) is 0 Å². The smallest absolute Gasteiger partial charge is 0.344 e. The molecule has 3 nitrogen and oxygen atoms in total. The van der Waals surface area contributed by atoms with Gasteiger partial charge in [-0.1, -0.05) is 48.5 Å². The SMILES string of the molecule is O=c1oc(-c2ccccc2Oc2ccccc2)cc2ccccc12. The first-order valence-electron chi connectivity index (χ1n) is 7.66. The quantitative estimate of drug-likeness (QED) is 0.518. The van der Waals surface area contributed by atoms with E-state index in [0.717, 1.165) is 16.7 Å². The molecule has 0 radical (unpaired) electrons. The van der Waals surface area contributed by atoms with Crippen molar-refractivity contribution in [3.05, 3.63) is 95.3 Å². The minimum atomic E-state index is -0.349. The van der Waals surface area contributed by atoms with Gasteiger partial charge in [-0.2, -0.15) is 0 Å². The van der Waals surface area contributed by atoms with Crippen LogP contribution in [0.3, 0.4) is 0 Å². The molecule has 116 valence electrons. The van der Waals surface area contributed by atoms with Crippen LogP contribution in [0.1, 0.15) is 0 Å².